The number of nitrogens with one attached hydrogen (secondary N) is 2. The van der Waals surface area contributed by atoms with E-state index in [2.05, 4.69) is 21.4 Å². The highest BCUT2D eigenvalue weighted by Gasteiger charge is 2.81. The van der Waals surface area contributed by atoms with E-state index < -0.39 is 46.5 Å². The smallest absolute Gasteiger partial charge is 0.238 e. The van der Waals surface area contributed by atoms with Gasteiger partial charge in [0.05, 0.1) is 36.1 Å². The Labute approximate surface area is 253 Å². The van der Waals surface area contributed by atoms with Gasteiger partial charge >= 0.3 is 0 Å². The Morgan fingerprint density at radius 1 is 1.31 bits per heavy atom. The predicted molar refractivity (Wildman–Crippen MR) is 156 cm³/mol. The van der Waals surface area contributed by atoms with Crippen LogP contribution in [0, 0.1) is 34.3 Å². The van der Waals surface area contributed by atoms with E-state index in [4.69, 9.17) is 23.2 Å². The number of aliphatic hydroxyl groups excluding tert-OH is 1. The van der Waals surface area contributed by atoms with Crippen molar-refractivity contribution >= 4 is 29.1 Å². The number of benzene rings is 2. The number of aromatic amines is 1. The van der Waals surface area contributed by atoms with Gasteiger partial charge in [0.2, 0.25) is 5.91 Å². The molecule has 3 N–H and O–H groups in total. The topological polar surface area (TPSA) is 105 Å². The van der Waals surface area contributed by atoms with Crippen LogP contribution >= 0.6 is 23.2 Å². The van der Waals surface area contributed by atoms with Crippen LogP contribution in [0.3, 0.4) is 0 Å². The minimum Gasteiger partial charge on any atom is -0.394 e. The van der Waals surface area contributed by atoms with E-state index in [-0.39, 0.29) is 45.5 Å². The van der Waals surface area contributed by atoms with E-state index >= 15 is 8.78 Å². The Hall–Kier alpha value is -3.03. The number of aliphatic hydroxyl groups is 1. The molecular formula is C31H33Cl2F2N5O2. The molecule has 1 aliphatic carbocycles. The largest absolute Gasteiger partial charge is 0.394 e. The monoisotopic (exact) mass is 615 g/mol. The first kappa shape index (κ1) is 30.4. The van der Waals surface area contributed by atoms with Gasteiger partial charge in [-0.05, 0) is 48.6 Å². The molecule has 5 rings (SSSR count). The summed E-state index contributed by atoms with van der Waals surface area (Å²) in [6, 6.07) is 9.20. The van der Waals surface area contributed by atoms with Crippen LogP contribution in [-0.4, -0.2) is 57.2 Å². The average molecular weight is 617 g/mol. The molecule has 6 atom stereocenters. The maximum atomic E-state index is 16.0. The van der Waals surface area contributed by atoms with E-state index in [1.807, 2.05) is 25.7 Å². The fourth-order valence-corrected chi connectivity index (χ4v) is 7.73. The first-order valence-corrected chi connectivity index (χ1v) is 14.5. The summed E-state index contributed by atoms with van der Waals surface area (Å²) in [7, 11) is 1.74. The number of hydrogen-bond donors (Lipinski definition) is 3. The highest BCUT2D eigenvalue weighted by molar-refractivity contribution is 6.31. The van der Waals surface area contributed by atoms with Gasteiger partial charge in [-0.3, -0.25) is 9.69 Å². The van der Waals surface area contributed by atoms with Crippen molar-refractivity contribution in [3.05, 3.63) is 87.4 Å². The van der Waals surface area contributed by atoms with Crippen LogP contribution in [0.2, 0.25) is 10.0 Å². The Morgan fingerprint density at radius 3 is 2.62 bits per heavy atom. The minimum atomic E-state index is -1.71. The van der Waals surface area contributed by atoms with Crippen molar-refractivity contribution < 1.29 is 18.7 Å². The standard InChI is InChI=1S/C31H33Cl2F2N5O2/c1-29(2,3)24-12-31(24)30(15-36,21-9-8-17(32)10-23(21)34)25(20-6-5-7-22(33)26(20)35)27(40(31)4)28(42)39-19(14-41)11-18-13-37-16-38-18/h5-10,13,16,19,24-25,27,41H,11-12,14H2,1-4H3,(H,37,38)(H,39,42)/t19-,24-,25-,27+,30+,31?/m0/s1. The molecule has 7 nitrogen and oxygen atoms in total. The minimum absolute atomic E-state index is 0.0379. The van der Waals surface area contributed by atoms with Gasteiger partial charge in [-0.15, -0.1) is 0 Å². The molecule has 1 saturated carbocycles. The van der Waals surface area contributed by atoms with E-state index in [1.165, 1.54) is 30.6 Å². The molecular weight excluding hydrogens is 583 g/mol. The quantitative estimate of drug-likeness (QED) is 0.331. The van der Waals surface area contributed by atoms with E-state index in [9.17, 15) is 15.2 Å². The number of rotatable bonds is 7. The van der Waals surface area contributed by atoms with Gasteiger partial charge in [-0.2, -0.15) is 5.26 Å². The molecule has 2 fully saturated rings. The number of carbonyl (C=O) groups is 1. The summed E-state index contributed by atoms with van der Waals surface area (Å²) in [6.45, 7) is 5.74. The third-order valence-electron chi connectivity index (χ3n) is 9.19. The zero-order valence-electron chi connectivity index (χ0n) is 23.8. The van der Waals surface area contributed by atoms with Gasteiger partial charge in [0.25, 0.3) is 0 Å². The Balaban J connectivity index is 1.74. The van der Waals surface area contributed by atoms with Crippen LogP contribution in [-0.2, 0) is 16.6 Å². The third-order valence-corrected chi connectivity index (χ3v) is 9.72. The second-order valence-corrected chi connectivity index (χ2v) is 13.3. The molecule has 1 aliphatic heterocycles. The molecule has 1 saturated heterocycles. The maximum Gasteiger partial charge on any atom is 0.238 e. The third kappa shape index (κ3) is 4.60. The second kappa shape index (κ2) is 10.9. The molecule has 0 radical (unpaired) electrons. The highest BCUT2D eigenvalue weighted by atomic mass is 35.5. The van der Waals surface area contributed by atoms with Gasteiger partial charge in [0, 0.05) is 40.4 Å². The van der Waals surface area contributed by atoms with Crippen molar-refractivity contribution in [2.24, 2.45) is 11.3 Å². The Morgan fingerprint density at radius 2 is 2.05 bits per heavy atom. The van der Waals surface area contributed by atoms with E-state index in [1.54, 1.807) is 19.3 Å². The molecule has 1 spiro atoms. The van der Waals surface area contributed by atoms with E-state index in [0.29, 0.717) is 12.1 Å². The first-order chi connectivity index (χ1) is 19.8. The average Bonchev–Trinajstić information content (AvgIpc) is 3.45. The summed E-state index contributed by atoms with van der Waals surface area (Å²) < 4.78 is 32.0. The number of likely N-dealkylation sites (N-methyl/N-ethyl adjacent to an activating group) is 1. The van der Waals surface area contributed by atoms with Crippen LogP contribution in [0.25, 0.3) is 0 Å². The molecule has 1 aromatic heterocycles. The molecule has 2 aromatic carbocycles. The van der Waals surface area contributed by atoms with Gasteiger partial charge < -0.3 is 15.4 Å². The lowest BCUT2D eigenvalue weighted by atomic mass is 9.62. The van der Waals surface area contributed by atoms with Gasteiger partial charge in [0.1, 0.15) is 17.0 Å². The van der Waals surface area contributed by atoms with Crippen LogP contribution in [0.4, 0.5) is 8.78 Å². The van der Waals surface area contributed by atoms with Crippen molar-refractivity contribution in [1.29, 1.82) is 5.26 Å². The Bertz CT molecular complexity index is 1540. The zero-order valence-corrected chi connectivity index (χ0v) is 25.3. The fraction of sp³-hybridized carbons (Fsp3) is 0.452. The molecule has 222 valence electrons. The number of carbonyl (C=O) groups excluding carboxylic acids is 1. The molecule has 1 unspecified atom stereocenters. The van der Waals surface area contributed by atoms with Crippen molar-refractivity contribution in [2.75, 3.05) is 13.7 Å². The number of nitrogens with zero attached hydrogens (tertiary/aromatic N) is 3. The Kier molecular flexibility index (Phi) is 7.90. The van der Waals surface area contributed by atoms with Gasteiger partial charge in [-0.25, -0.2) is 13.8 Å². The van der Waals surface area contributed by atoms with Crippen molar-refractivity contribution in [3.8, 4) is 6.07 Å². The van der Waals surface area contributed by atoms with Crippen LogP contribution in [0.5, 0.6) is 0 Å². The van der Waals surface area contributed by atoms with Gasteiger partial charge in [-0.1, -0.05) is 62.2 Å². The maximum absolute atomic E-state index is 16.0. The summed E-state index contributed by atoms with van der Waals surface area (Å²) in [4.78, 5) is 23.1. The number of halogens is 4. The summed E-state index contributed by atoms with van der Waals surface area (Å²) in [5.74, 6) is -3.32. The van der Waals surface area contributed by atoms with Crippen LogP contribution < -0.4 is 5.32 Å². The molecule has 42 heavy (non-hydrogen) atoms. The molecule has 3 aromatic rings. The highest BCUT2D eigenvalue weighted by Crippen LogP contribution is 2.73. The number of imidazole rings is 1. The molecule has 0 bridgehead atoms. The number of aromatic nitrogens is 2. The second-order valence-electron chi connectivity index (χ2n) is 12.4. The number of hydrogen-bond acceptors (Lipinski definition) is 5. The number of H-pyrrole nitrogens is 1. The fourth-order valence-electron chi connectivity index (χ4n) is 7.39. The molecule has 11 heteroatoms. The summed E-state index contributed by atoms with van der Waals surface area (Å²) in [6.07, 6.45) is 3.83. The van der Waals surface area contributed by atoms with Crippen molar-refractivity contribution in [3.63, 3.8) is 0 Å². The summed E-state index contributed by atoms with van der Waals surface area (Å²) >= 11 is 12.4. The lowest BCUT2D eigenvalue weighted by molar-refractivity contribution is -0.127. The summed E-state index contributed by atoms with van der Waals surface area (Å²) in [5, 5.41) is 24.2. The first-order valence-electron chi connectivity index (χ1n) is 13.8. The number of nitriles is 1. The number of amides is 1. The van der Waals surface area contributed by atoms with Crippen LogP contribution in [0.15, 0.2) is 48.9 Å². The predicted octanol–water partition coefficient (Wildman–Crippen LogP) is 5.38. The lowest BCUT2D eigenvalue weighted by Gasteiger charge is -2.39. The van der Waals surface area contributed by atoms with Gasteiger partial charge in [0.15, 0.2) is 0 Å². The molecule has 2 aliphatic rings. The van der Waals surface area contributed by atoms with Crippen molar-refractivity contribution in [1.82, 2.24) is 20.2 Å². The SMILES string of the molecule is CN1[C@@H](C(=O)N[C@H](CO)Cc2cnc[nH]2)[C@H](c2cccc(Cl)c2F)[C@@](C#N)(c2ccc(Cl)cc2F)C12C[C@H]2C(C)(C)C. The summed E-state index contributed by atoms with van der Waals surface area (Å²) in [5.41, 5.74) is -2.29. The molecule has 2 heterocycles. The normalized spacial score (nSPS) is 28.0. The number of likely N-dealkylation sites (tertiary alicyclic amines) is 1. The lowest BCUT2D eigenvalue weighted by Crippen LogP contribution is -2.51. The van der Waals surface area contributed by atoms with E-state index in [0.717, 1.165) is 6.07 Å². The molecule has 1 amide bonds. The van der Waals surface area contributed by atoms with Crippen molar-refractivity contribution in [2.45, 2.75) is 62.6 Å². The zero-order chi connectivity index (χ0) is 30.6. The van der Waals surface area contributed by atoms with Crippen LogP contribution in [0.1, 0.15) is 49.9 Å².